The molecule has 2 N–H and O–H groups in total. The van der Waals surface area contributed by atoms with Crippen LogP contribution in [0.5, 0.6) is 0 Å². The fraction of sp³-hybridized carbons (Fsp3) is 0.421. The molecule has 1 aliphatic heterocycles. The summed E-state index contributed by atoms with van der Waals surface area (Å²) in [5.74, 6) is 12.4. The van der Waals surface area contributed by atoms with Gasteiger partial charge in [0.05, 0.1) is 6.54 Å². The molecule has 124 valence electrons. The van der Waals surface area contributed by atoms with Crippen LogP contribution < -0.4 is 5.84 Å². The van der Waals surface area contributed by atoms with Crippen LogP contribution in [0.2, 0.25) is 0 Å². The van der Waals surface area contributed by atoms with Crippen molar-refractivity contribution in [2.24, 2.45) is 21.9 Å². The fourth-order valence-electron chi connectivity index (χ4n) is 2.58. The highest BCUT2D eigenvalue weighted by Crippen LogP contribution is 2.27. The lowest BCUT2D eigenvalue weighted by molar-refractivity contribution is -0.141. The second kappa shape index (κ2) is 7.31. The number of esters is 1. The van der Waals surface area contributed by atoms with Gasteiger partial charge in [-0.3, -0.25) is 9.79 Å². The van der Waals surface area contributed by atoms with Crippen LogP contribution >= 0.6 is 0 Å². The van der Waals surface area contributed by atoms with Crippen LogP contribution in [0.4, 0.5) is 0 Å². The normalized spacial score (nSPS) is 20.8. The van der Waals surface area contributed by atoms with Crippen molar-refractivity contribution in [3.63, 3.8) is 0 Å². The molecule has 2 aliphatic rings. The third-order valence-corrected chi connectivity index (χ3v) is 4.13. The molecule has 1 atom stereocenters. The highest BCUT2D eigenvalue weighted by molar-refractivity contribution is 6.38. The number of ether oxygens (including phenoxy) is 1. The maximum Gasteiger partial charge on any atom is 0.306 e. The third-order valence-electron chi connectivity index (χ3n) is 4.13. The van der Waals surface area contributed by atoms with Crippen molar-refractivity contribution in [3.8, 4) is 11.8 Å². The molecule has 5 heteroatoms. The minimum absolute atomic E-state index is 0.131. The second-order valence-corrected chi connectivity index (χ2v) is 6.23. The molecular formula is C19H21N3O2. The molecule has 24 heavy (non-hydrogen) atoms. The average molecular weight is 323 g/mol. The van der Waals surface area contributed by atoms with E-state index in [1.165, 1.54) is 12.8 Å². The van der Waals surface area contributed by atoms with Crippen molar-refractivity contribution in [1.82, 2.24) is 0 Å². The van der Waals surface area contributed by atoms with Gasteiger partial charge in [0.1, 0.15) is 11.8 Å². The van der Waals surface area contributed by atoms with Crippen LogP contribution in [0.1, 0.15) is 42.4 Å². The molecule has 3 rings (SSSR count). The summed E-state index contributed by atoms with van der Waals surface area (Å²) in [6.45, 7) is 2.45. The first-order valence-corrected chi connectivity index (χ1v) is 8.25. The first kappa shape index (κ1) is 16.3. The van der Waals surface area contributed by atoms with Crippen molar-refractivity contribution in [2.75, 3.05) is 6.54 Å². The van der Waals surface area contributed by atoms with Gasteiger partial charge in [-0.25, -0.2) is 0 Å². The number of aliphatic imine (C=N–C) groups is 1. The zero-order chi connectivity index (χ0) is 16.9. The summed E-state index contributed by atoms with van der Waals surface area (Å²) >= 11 is 0. The van der Waals surface area contributed by atoms with E-state index < -0.39 is 0 Å². The monoisotopic (exact) mass is 323 g/mol. The lowest BCUT2D eigenvalue weighted by atomic mass is 10.0. The Labute approximate surface area is 142 Å². The minimum Gasteiger partial charge on any atom is -0.460 e. The number of benzene rings is 1. The number of nitrogens with zero attached hydrogens (tertiary/aromatic N) is 2. The van der Waals surface area contributed by atoms with Gasteiger partial charge in [-0.1, -0.05) is 17.9 Å². The van der Waals surface area contributed by atoms with Crippen molar-refractivity contribution in [3.05, 3.63) is 34.9 Å². The van der Waals surface area contributed by atoms with Crippen LogP contribution in [-0.2, 0) is 9.53 Å². The Morgan fingerprint density at radius 1 is 1.42 bits per heavy atom. The predicted molar refractivity (Wildman–Crippen MR) is 94.0 cm³/mol. The SMILES string of the molecule is Cc1cc(C#CC2CC2)ccc1/C(C=NCC1CCC(=O)O1)=N/N. The molecule has 0 bridgehead atoms. The van der Waals surface area contributed by atoms with E-state index in [0.29, 0.717) is 24.6 Å². The third kappa shape index (κ3) is 4.23. The molecule has 0 aromatic heterocycles. The summed E-state index contributed by atoms with van der Waals surface area (Å²) in [5, 5.41) is 3.84. The fourth-order valence-corrected chi connectivity index (χ4v) is 2.58. The summed E-state index contributed by atoms with van der Waals surface area (Å²) in [5.41, 5.74) is 3.61. The van der Waals surface area contributed by atoms with Gasteiger partial charge in [-0.2, -0.15) is 5.10 Å². The summed E-state index contributed by atoms with van der Waals surface area (Å²) in [6, 6.07) is 6.00. The molecule has 1 aromatic rings. The second-order valence-electron chi connectivity index (χ2n) is 6.23. The average Bonchev–Trinajstić information content (AvgIpc) is 3.31. The number of hydrazone groups is 1. The quantitative estimate of drug-likeness (QED) is 0.303. The maximum atomic E-state index is 11.1. The van der Waals surface area contributed by atoms with Gasteiger partial charge >= 0.3 is 5.97 Å². The molecule has 0 spiro atoms. The van der Waals surface area contributed by atoms with E-state index in [1.807, 2.05) is 25.1 Å². The predicted octanol–water partition coefficient (Wildman–Crippen LogP) is 2.20. The van der Waals surface area contributed by atoms with E-state index in [2.05, 4.69) is 21.9 Å². The van der Waals surface area contributed by atoms with Gasteiger partial charge in [0.2, 0.25) is 0 Å². The van der Waals surface area contributed by atoms with Crippen molar-refractivity contribution in [2.45, 2.75) is 38.7 Å². The van der Waals surface area contributed by atoms with E-state index in [9.17, 15) is 4.79 Å². The lowest BCUT2D eigenvalue weighted by Crippen LogP contribution is -2.13. The molecule has 1 saturated carbocycles. The van der Waals surface area contributed by atoms with Crippen LogP contribution in [0.3, 0.4) is 0 Å². The molecule has 1 unspecified atom stereocenters. The van der Waals surface area contributed by atoms with Crippen LogP contribution in [0, 0.1) is 24.7 Å². The van der Waals surface area contributed by atoms with E-state index in [-0.39, 0.29) is 12.1 Å². The molecule has 0 radical (unpaired) electrons. The molecule has 1 saturated heterocycles. The molecule has 2 fully saturated rings. The standard InChI is InChI=1S/C19H21N3O2/c1-13-10-15(5-4-14-2-3-14)6-8-17(13)18(22-20)12-21-11-16-7-9-19(23)24-16/h6,8,10,12,14,16H,2-3,7,9,11,20H2,1H3/b21-12?,22-18+. The van der Waals surface area contributed by atoms with Gasteiger partial charge in [0.25, 0.3) is 0 Å². The highest BCUT2D eigenvalue weighted by atomic mass is 16.5. The number of carbonyl (C=O) groups is 1. The molecule has 1 heterocycles. The summed E-state index contributed by atoms with van der Waals surface area (Å²) in [6.07, 6.45) is 5.15. The van der Waals surface area contributed by atoms with Crippen molar-refractivity contribution in [1.29, 1.82) is 0 Å². The molecule has 0 amide bonds. The van der Waals surface area contributed by atoms with E-state index in [0.717, 1.165) is 23.1 Å². The van der Waals surface area contributed by atoms with Gasteiger partial charge < -0.3 is 10.6 Å². The number of rotatable bonds is 4. The number of hydrogen-bond acceptors (Lipinski definition) is 5. The highest BCUT2D eigenvalue weighted by Gasteiger charge is 2.22. The minimum atomic E-state index is -0.151. The largest absolute Gasteiger partial charge is 0.460 e. The van der Waals surface area contributed by atoms with E-state index in [1.54, 1.807) is 6.21 Å². The summed E-state index contributed by atoms with van der Waals surface area (Å²) in [4.78, 5) is 15.4. The first-order valence-electron chi connectivity index (χ1n) is 8.25. The lowest BCUT2D eigenvalue weighted by Gasteiger charge is -2.07. The number of hydrogen-bond donors (Lipinski definition) is 1. The number of cyclic esters (lactones) is 1. The zero-order valence-corrected chi connectivity index (χ0v) is 13.8. The van der Waals surface area contributed by atoms with Crippen molar-refractivity contribution >= 4 is 17.9 Å². The van der Waals surface area contributed by atoms with Gasteiger partial charge in [0.15, 0.2) is 0 Å². The first-order chi connectivity index (χ1) is 11.7. The van der Waals surface area contributed by atoms with Crippen LogP contribution in [-0.4, -0.2) is 30.5 Å². The molecule has 1 aliphatic carbocycles. The number of aryl methyl sites for hydroxylation is 1. The number of carbonyl (C=O) groups excluding carboxylic acids is 1. The van der Waals surface area contributed by atoms with Gasteiger partial charge in [0, 0.05) is 29.7 Å². The Bertz CT molecular complexity index is 752. The maximum absolute atomic E-state index is 11.1. The molecule has 1 aromatic carbocycles. The van der Waals surface area contributed by atoms with E-state index in [4.69, 9.17) is 10.6 Å². The molecular weight excluding hydrogens is 302 g/mol. The number of nitrogens with two attached hydrogens (primary N) is 1. The Kier molecular flexibility index (Phi) is 4.95. The Morgan fingerprint density at radius 2 is 2.25 bits per heavy atom. The molecule has 5 nitrogen and oxygen atoms in total. The topological polar surface area (TPSA) is 77.0 Å². The smallest absolute Gasteiger partial charge is 0.306 e. The summed E-state index contributed by atoms with van der Waals surface area (Å²) < 4.78 is 5.13. The van der Waals surface area contributed by atoms with Gasteiger partial charge in [-0.05, 0) is 43.9 Å². The van der Waals surface area contributed by atoms with E-state index >= 15 is 0 Å². The Morgan fingerprint density at radius 3 is 2.88 bits per heavy atom. The van der Waals surface area contributed by atoms with Crippen LogP contribution in [0.25, 0.3) is 0 Å². The van der Waals surface area contributed by atoms with Crippen LogP contribution in [0.15, 0.2) is 28.3 Å². The Hall–Kier alpha value is -2.61. The van der Waals surface area contributed by atoms with Crippen molar-refractivity contribution < 1.29 is 9.53 Å². The van der Waals surface area contributed by atoms with Gasteiger partial charge in [-0.15, -0.1) is 0 Å². The Balaban J connectivity index is 1.66. The zero-order valence-electron chi connectivity index (χ0n) is 13.8. The summed E-state index contributed by atoms with van der Waals surface area (Å²) in [7, 11) is 0.